The first-order chi connectivity index (χ1) is 16.6. The van der Waals surface area contributed by atoms with Crippen molar-refractivity contribution in [3.05, 3.63) is 89.9 Å². The van der Waals surface area contributed by atoms with Gasteiger partial charge >= 0.3 is 0 Å². The van der Waals surface area contributed by atoms with Gasteiger partial charge in [-0.25, -0.2) is 4.98 Å². The molecular weight excluding hydrogens is 444 g/mol. The predicted octanol–water partition coefficient (Wildman–Crippen LogP) is 5.82. The van der Waals surface area contributed by atoms with Gasteiger partial charge in [0.25, 0.3) is 5.91 Å². The Morgan fingerprint density at radius 2 is 1.62 bits per heavy atom. The molecule has 0 aliphatic rings. The topological polar surface area (TPSA) is 83.0 Å². The Balaban J connectivity index is 1.29. The SMILES string of the molecule is CN(C)c1nc(Nc2ccc(NC(=O)c3ccc(-c4ccccn4)s3)cc2)nc2ccccc12. The lowest BCUT2D eigenvalue weighted by molar-refractivity contribution is 0.103. The number of carbonyl (C=O) groups is 1. The summed E-state index contributed by atoms with van der Waals surface area (Å²) in [7, 11) is 3.92. The van der Waals surface area contributed by atoms with Gasteiger partial charge in [0, 0.05) is 37.1 Å². The molecule has 0 aliphatic carbocycles. The standard InChI is InChI=1S/C26H22N6OS/c1-32(2)24-19-7-3-4-8-20(19)30-26(31-24)29-18-12-10-17(11-13-18)28-25(33)23-15-14-22(34-23)21-9-5-6-16-27-21/h3-16H,1-2H3,(H,28,33)(H,29,30,31). The number of rotatable bonds is 6. The van der Waals surface area contributed by atoms with Gasteiger partial charge in [0.2, 0.25) is 5.95 Å². The molecule has 0 saturated heterocycles. The van der Waals surface area contributed by atoms with E-state index >= 15 is 0 Å². The minimum Gasteiger partial charge on any atom is -0.362 e. The molecule has 0 bridgehead atoms. The third kappa shape index (κ3) is 4.57. The molecule has 34 heavy (non-hydrogen) atoms. The second-order valence-electron chi connectivity index (χ2n) is 7.82. The molecule has 0 saturated carbocycles. The maximum atomic E-state index is 12.7. The van der Waals surface area contributed by atoms with Gasteiger partial charge in [0.05, 0.1) is 21.0 Å². The number of carbonyl (C=O) groups excluding carboxylic acids is 1. The number of hydrogen-bond acceptors (Lipinski definition) is 7. The largest absolute Gasteiger partial charge is 0.362 e. The van der Waals surface area contributed by atoms with Crippen molar-refractivity contribution in [1.82, 2.24) is 15.0 Å². The molecule has 0 atom stereocenters. The number of benzene rings is 2. The smallest absolute Gasteiger partial charge is 0.265 e. The van der Waals surface area contributed by atoms with Crippen molar-refractivity contribution in [3.8, 4) is 10.6 Å². The molecule has 1 amide bonds. The Labute approximate surface area is 201 Å². The summed E-state index contributed by atoms with van der Waals surface area (Å²) in [5, 5.41) is 7.20. The van der Waals surface area contributed by atoms with E-state index in [1.165, 1.54) is 11.3 Å². The van der Waals surface area contributed by atoms with Crippen molar-refractivity contribution < 1.29 is 4.79 Å². The molecule has 2 N–H and O–H groups in total. The zero-order valence-electron chi connectivity index (χ0n) is 18.7. The summed E-state index contributed by atoms with van der Waals surface area (Å²) < 4.78 is 0. The summed E-state index contributed by atoms with van der Waals surface area (Å²) in [5.74, 6) is 1.21. The molecule has 0 radical (unpaired) electrons. The van der Waals surface area contributed by atoms with Crippen LogP contribution in [0.1, 0.15) is 9.67 Å². The van der Waals surface area contributed by atoms with Crippen LogP contribution in [0.5, 0.6) is 0 Å². The second kappa shape index (κ2) is 9.29. The summed E-state index contributed by atoms with van der Waals surface area (Å²) >= 11 is 1.42. The number of nitrogens with one attached hydrogen (secondary N) is 2. The van der Waals surface area contributed by atoms with Crippen LogP contribution in [0, 0.1) is 0 Å². The van der Waals surface area contributed by atoms with Gasteiger partial charge in [-0.3, -0.25) is 9.78 Å². The molecule has 0 unspecified atom stereocenters. The molecule has 5 aromatic rings. The Morgan fingerprint density at radius 1 is 0.853 bits per heavy atom. The van der Waals surface area contributed by atoms with E-state index < -0.39 is 0 Å². The van der Waals surface area contributed by atoms with Gasteiger partial charge in [-0.2, -0.15) is 4.98 Å². The van der Waals surface area contributed by atoms with E-state index in [4.69, 9.17) is 0 Å². The number of para-hydroxylation sites is 1. The van der Waals surface area contributed by atoms with Crippen LogP contribution in [0.2, 0.25) is 0 Å². The number of fused-ring (bicyclic) bond motifs is 1. The van der Waals surface area contributed by atoms with Crippen LogP contribution in [0.3, 0.4) is 0 Å². The summed E-state index contributed by atoms with van der Waals surface area (Å²) in [6, 6.07) is 24.9. The van der Waals surface area contributed by atoms with Crippen molar-refractivity contribution in [1.29, 1.82) is 0 Å². The van der Waals surface area contributed by atoms with Gasteiger partial charge in [-0.15, -0.1) is 11.3 Å². The first-order valence-corrected chi connectivity index (χ1v) is 11.5. The molecule has 3 heterocycles. The zero-order chi connectivity index (χ0) is 23.5. The van der Waals surface area contributed by atoms with Gasteiger partial charge in [-0.05, 0) is 60.7 Å². The van der Waals surface area contributed by atoms with Crippen molar-refractivity contribution in [2.45, 2.75) is 0 Å². The van der Waals surface area contributed by atoms with Gasteiger partial charge in [0.15, 0.2) is 0 Å². The second-order valence-corrected chi connectivity index (χ2v) is 8.90. The fraction of sp³-hybridized carbons (Fsp3) is 0.0769. The summed E-state index contributed by atoms with van der Waals surface area (Å²) in [4.78, 5) is 29.9. The molecule has 2 aromatic carbocycles. The molecule has 0 aliphatic heterocycles. The summed E-state index contributed by atoms with van der Waals surface area (Å²) in [5.41, 5.74) is 3.26. The first-order valence-electron chi connectivity index (χ1n) is 10.7. The third-order valence-electron chi connectivity index (χ3n) is 5.15. The van der Waals surface area contributed by atoms with Crippen molar-refractivity contribution in [3.63, 3.8) is 0 Å². The molecule has 5 rings (SSSR count). The molecule has 0 spiro atoms. The predicted molar refractivity (Wildman–Crippen MR) is 139 cm³/mol. The quantitative estimate of drug-likeness (QED) is 0.328. The number of amides is 1. The van der Waals surface area contributed by atoms with E-state index in [-0.39, 0.29) is 5.91 Å². The van der Waals surface area contributed by atoms with Crippen LogP contribution >= 0.6 is 11.3 Å². The maximum absolute atomic E-state index is 12.7. The fourth-order valence-electron chi connectivity index (χ4n) is 3.52. The maximum Gasteiger partial charge on any atom is 0.265 e. The van der Waals surface area contributed by atoms with Crippen LogP contribution in [0.4, 0.5) is 23.1 Å². The van der Waals surface area contributed by atoms with Crippen LogP contribution < -0.4 is 15.5 Å². The van der Waals surface area contributed by atoms with Crippen LogP contribution in [0.25, 0.3) is 21.5 Å². The van der Waals surface area contributed by atoms with Crippen molar-refractivity contribution in [2.24, 2.45) is 0 Å². The van der Waals surface area contributed by atoms with Crippen LogP contribution in [-0.2, 0) is 0 Å². The third-order valence-corrected chi connectivity index (χ3v) is 6.26. The first kappa shape index (κ1) is 21.5. The normalized spacial score (nSPS) is 10.8. The number of nitrogens with zero attached hydrogens (tertiary/aromatic N) is 4. The highest BCUT2D eigenvalue weighted by atomic mass is 32.1. The van der Waals surface area contributed by atoms with E-state index in [1.807, 2.05) is 97.9 Å². The highest BCUT2D eigenvalue weighted by Gasteiger charge is 2.12. The van der Waals surface area contributed by atoms with Gasteiger partial charge in [-0.1, -0.05) is 18.2 Å². The van der Waals surface area contributed by atoms with E-state index in [1.54, 1.807) is 6.20 Å². The fourth-order valence-corrected chi connectivity index (χ4v) is 4.40. The van der Waals surface area contributed by atoms with E-state index in [0.717, 1.165) is 33.0 Å². The molecule has 8 heteroatoms. The van der Waals surface area contributed by atoms with E-state index in [9.17, 15) is 4.79 Å². The number of hydrogen-bond donors (Lipinski definition) is 2. The zero-order valence-corrected chi connectivity index (χ0v) is 19.5. The Bertz CT molecular complexity index is 1450. The summed E-state index contributed by atoms with van der Waals surface area (Å²) in [6.45, 7) is 0. The molecule has 0 fully saturated rings. The van der Waals surface area contributed by atoms with Crippen molar-refractivity contribution in [2.75, 3.05) is 29.6 Å². The average molecular weight is 467 g/mol. The van der Waals surface area contributed by atoms with Crippen molar-refractivity contribution >= 4 is 51.3 Å². The van der Waals surface area contributed by atoms with E-state index in [0.29, 0.717) is 16.5 Å². The lowest BCUT2D eigenvalue weighted by Gasteiger charge is -2.16. The van der Waals surface area contributed by atoms with Gasteiger partial charge in [0.1, 0.15) is 5.82 Å². The lowest BCUT2D eigenvalue weighted by atomic mass is 10.2. The monoisotopic (exact) mass is 466 g/mol. The minimum absolute atomic E-state index is 0.152. The number of pyridine rings is 1. The number of thiophene rings is 1. The van der Waals surface area contributed by atoms with Crippen LogP contribution in [-0.4, -0.2) is 35.0 Å². The molecule has 7 nitrogen and oxygen atoms in total. The highest BCUT2D eigenvalue weighted by molar-refractivity contribution is 7.17. The molecular formula is C26H22N6OS. The number of anilines is 4. The Hall–Kier alpha value is -4.30. The molecule has 3 aromatic heterocycles. The summed E-state index contributed by atoms with van der Waals surface area (Å²) in [6.07, 6.45) is 1.74. The average Bonchev–Trinajstić information content (AvgIpc) is 3.36. The number of aromatic nitrogens is 3. The van der Waals surface area contributed by atoms with Crippen LogP contribution in [0.15, 0.2) is 85.1 Å². The van der Waals surface area contributed by atoms with Gasteiger partial charge < -0.3 is 15.5 Å². The van der Waals surface area contributed by atoms with E-state index in [2.05, 4.69) is 25.6 Å². The minimum atomic E-state index is -0.152. The highest BCUT2D eigenvalue weighted by Crippen LogP contribution is 2.28. The Morgan fingerprint density at radius 3 is 2.38 bits per heavy atom. The lowest BCUT2D eigenvalue weighted by Crippen LogP contribution is -2.13. The Kier molecular flexibility index (Phi) is 5.88. The molecule has 168 valence electrons.